The molecule has 2 N–H and O–H groups in total. The molecule has 0 radical (unpaired) electrons. The van der Waals surface area contributed by atoms with Crippen LogP contribution in [0, 0.1) is 6.92 Å². The molecule has 0 unspecified atom stereocenters. The number of para-hydroxylation sites is 1. The Kier molecular flexibility index (Phi) is 4.85. The van der Waals surface area contributed by atoms with Crippen LogP contribution < -0.4 is 10.1 Å². The summed E-state index contributed by atoms with van der Waals surface area (Å²) in [5.41, 5.74) is 2.92. The van der Waals surface area contributed by atoms with Crippen LogP contribution in [0.2, 0.25) is 0 Å². The van der Waals surface area contributed by atoms with E-state index in [0.29, 0.717) is 12.3 Å². The van der Waals surface area contributed by atoms with Crippen molar-refractivity contribution in [2.75, 3.05) is 7.11 Å². The monoisotopic (exact) mass is 289 g/mol. The predicted octanol–water partition coefficient (Wildman–Crippen LogP) is 2.68. The Bertz CT molecular complexity index is 608. The van der Waals surface area contributed by atoms with Crippen LogP contribution in [0.15, 0.2) is 24.3 Å². The maximum Gasteiger partial charge on any atom is 0.216 e. The van der Waals surface area contributed by atoms with E-state index in [4.69, 9.17) is 4.74 Å². The van der Waals surface area contributed by atoms with Gasteiger partial charge in [0.1, 0.15) is 5.75 Å². The van der Waals surface area contributed by atoms with Crippen molar-refractivity contribution < 1.29 is 9.84 Å². The molecule has 0 aliphatic rings. The number of methoxy groups -OCH3 is 1. The number of aromatic nitrogens is 2. The highest BCUT2D eigenvalue weighted by Crippen LogP contribution is 2.27. The third-order valence-corrected chi connectivity index (χ3v) is 3.73. The van der Waals surface area contributed by atoms with E-state index in [1.54, 1.807) is 17.9 Å². The maximum absolute atomic E-state index is 9.99. The van der Waals surface area contributed by atoms with Gasteiger partial charge in [0.2, 0.25) is 5.88 Å². The van der Waals surface area contributed by atoms with Crippen LogP contribution in [0.4, 0.5) is 0 Å². The molecule has 0 spiro atoms. The van der Waals surface area contributed by atoms with Crippen molar-refractivity contribution in [3.63, 3.8) is 0 Å². The Balaban J connectivity index is 2.16. The highest BCUT2D eigenvalue weighted by Gasteiger charge is 2.17. The smallest absolute Gasteiger partial charge is 0.216 e. The molecule has 0 bridgehead atoms. The van der Waals surface area contributed by atoms with Gasteiger partial charge in [-0.2, -0.15) is 5.10 Å². The first-order chi connectivity index (χ1) is 10.1. The molecule has 0 aliphatic carbocycles. The molecule has 21 heavy (non-hydrogen) atoms. The molecule has 5 heteroatoms. The quantitative estimate of drug-likeness (QED) is 0.858. The van der Waals surface area contributed by atoms with Crippen molar-refractivity contribution in [3.8, 4) is 11.6 Å². The summed E-state index contributed by atoms with van der Waals surface area (Å²) in [5, 5.41) is 17.8. The SMILES string of the molecule is CC[C@H](NCc1c(C)nn(C)c1OC)c1ccccc1O. The van der Waals surface area contributed by atoms with Gasteiger partial charge in [0.05, 0.1) is 18.4 Å². The Labute approximate surface area is 125 Å². The lowest BCUT2D eigenvalue weighted by Crippen LogP contribution is -2.21. The number of aromatic hydroxyl groups is 1. The van der Waals surface area contributed by atoms with Crippen molar-refractivity contribution in [1.82, 2.24) is 15.1 Å². The van der Waals surface area contributed by atoms with E-state index < -0.39 is 0 Å². The molecule has 0 saturated heterocycles. The van der Waals surface area contributed by atoms with E-state index >= 15 is 0 Å². The number of rotatable bonds is 6. The first kappa shape index (κ1) is 15.4. The van der Waals surface area contributed by atoms with E-state index in [9.17, 15) is 5.11 Å². The van der Waals surface area contributed by atoms with Crippen molar-refractivity contribution in [2.45, 2.75) is 32.9 Å². The van der Waals surface area contributed by atoms with Gasteiger partial charge in [0.15, 0.2) is 0 Å². The molecule has 5 nitrogen and oxygen atoms in total. The van der Waals surface area contributed by atoms with Gasteiger partial charge in [-0.25, -0.2) is 4.68 Å². The Morgan fingerprint density at radius 1 is 1.38 bits per heavy atom. The van der Waals surface area contributed by atoms with Gasteiger partial charge in [0.25, 0.3) is 0 Å². The molecule has 0 saturated carbocycles. The van der Waals surface area contributed by atoms with Gasteiger partial charge in [-0.05, 0) is 19.4 Å². The van der Waals surface area contributed by atoms with Crippen LogP contribution in [0.5, 0.6) is 11.6 Å². The molecule has 2 rings (SSSR count). The normalized spacial score (nSPS) is 12.4. The highest BCUT2D eigenvalue weighted by molar-refractivity contribution is 5.35. The Hall–Kier alpha value is -2.01. The summed E-state index contributed by atoms with van der Waals surface area (Å²) in [6.07, 6.45) is 0.888. The molecule has 0 aliphatic heterocycles. The second-order valence-corrected chi connectivity index (χ2v) is 5.10. The molecule has 1 aromatic carbocycles. The Morgan fingerprint density at radius 2 is 2.10 bits per heavy atom. The standard InChI is InChI=1S/C16H23N3O2/c1-5-14(12-8-6-7-9-15(12)20)17-10-13-11(2)18-19(3)16(13)21-4/h6-9,14,17,20H,5,10H2,1-4H3/t14-/m0/s1. The predicted molar refractivity (Wildman–Crippen MR) is 82.5 cm³/mol. The number of phenolic OH excluding ortho intramolecular Hbond substituents is 1. The maximum atomic E-state index is 9.99. The number of phenols is 1. The summed E-state index contributed by atoms with van der Waals surface area (Å²) in [6.45, 7) is 4.72. The highest BCUT2D eigenvalue weighted by atomic mass is 16.5. The zero-order valence-corrected chi connectivity index (χ0v) is 13.1. The largest absolute Gasteiger partial charge is 0.508 e. The molecule has 114 valence electrons. The fraction of sp³-hybridized carbons (Fsp3) is 0.438. The van der Waals surface area contributed by atoms with Gasteiger partial charge >= 0.3 is 0 Å². The fourth-order valence-corrected chi connectivity index (χ4v) is 2.62. The van der Waals surface area contributed by atoms with Gasteiger partial charge in [-0.1, -0.05) is 25.1 Å². The van der Waals surface area contributed by atoms with Crippen molar-refractivity contribution in [2.24, 2.45) is 7.05 Å². The molecule has 1 heterocycles. The van der Waals surface area contributed by atoms with Crippen LogP contribution in [0.25, 0.3) is 0 Å². The van der Waals surface area contributed by atoms with Crippen LogP contribution >= 0.6 is 0 Å². The fourth-order valence-electron chi connectivity index (χ4n) is 2.62. The minimum atomic E-state index is 0.0931. The van der Waals surface area contributed by atoms with Crippen LogP contribution in [-0.2, 0) is 13.6 Å². The van der Waals surface area contributed by atoms with Crippen molar-refractivity contribution in [1.29, 1.82) is 0 Å². The number of ether oxygens (including phenoxy) is 1. The lowest BCUT2D eigenvalue weighted by Gasteiger charge is -2.18. The van der Waals surface area contributed by atoms with Gasteiger partial charge in [-0.3, -0.25) is 0 Å². The summed E-state index contributed by atoms with van der Waals surface area (Å²) >= 11 is 0. The summed E-state index contributed by atoms with van der Waals surface area (Å²) in [5.74, 6) is 1.10. The third-order valence-electron chi connectivity index (χ3n) is 3.73. The third kappa shape index (κ3) is 3.19. The molecule has 1 atom stereocenters. The lowest BCUT2D eigenvalue weighted by atomic mass is 10.0. The van der Waals surface area contributed by atoms with Crippen LogP contribution in [-0.4, -0.2) is 22.0 Å². The van der Waals surface area contributed by atoms with Crippen LogP contribution in [0.3, 0.4) is 0 Å². The first-order valence-corrected chi connectivity index (χ1v) is 7.16. The zero-order chi connectivity index (χ0) is 15.4. The van der Waals surface area contributed by atoms with E-state index in [2.05, 4.69) is 17.3 Å². The van der Waals surface area contributed by atoms with Gasteiger partial charge in [-0.15, -0.1) is 0 Å². The summed E-state index contributed by atoms with van der Waals surface area (Å²) in [7, 11) is 3.52. The number of nitrogens with one attached hydrogen (secondary N) is 1. The average Bonchev–Trinajstić information content (AvgIpc) is 2.74. The van der Waals surface area contributed by atoms with Gasteiger partial charge < -0.3 is 15.2 Å². The van der Waals surface area contributed by atoms with E-state index in [0.717, 1.165) is 29.1 Å². The van der Waals surface area contributed by atoms with Crippen LogP contribution in [0.1, 0.15) is 36.2 Å². The zero-order valence-electron chi connectivity index (χ0n) is 13.1. The topological polar surface area (TPSA) is 59.3 Å². The molecular formula is C16H23N3O2. The van der Waals surface area contributed by atoms with Crippen molar-refractivity contribution >= 4 is 0 Å². The number of nitrogens with zero attached hydrogens (tertiary/aromatic N) is 2. The number of aryl methyl sites for hydroxylation is 2. The summed E-state index contributed by atoms with van der Waals surface area (Å²) in [6, 6.07) is 7.53. The Morgan fingerprint density at radius 3 is 2.71 bits per heavy atom. The van der Waals surface area contributed by atoms with E-state index in [1.807, 2.05) is 32.2 Å². The number of hydrogen-bond acceptors (Lipinski definition) is 4. The summed E-state index contributed by atoms with van der Waals surface area (Å²) < 4.78 is 7.15. The minimum absolute atomic E-state index is 0.0931. The number of hydrogen-bond donors (Lipinski definition) is 2. The molecule has 1 aromatic heterocycles. The molecule has 2 aromatic rings. The van der Waals surface area contributed by atoms with Crippen molar-refractivity contribution in [3.05, 3.63) is 41.1 Å². The number of benzene rings is 1. The lowest BCUT2D eigenvalue weighted by molar-refractivity contribution is 0.366. The molecule has 0 amide bonds. The van der Waals surface area contributed by atoms with Gasteiger partial charge in [0, 0.05) is 25.2 Å². The van der Waals surface area contributed by atoms with E-state index in [1.165, 1.54) is 0 Å². The first-order valence-electron chi connectivity index (χ1n) is 7.16. The second kappa shape index (κ2) is 6.63. The minimum Gasteiger partial charge on any atom is -0.508 e. The molecular weight excluding hydrogens is 266 g/mol. The second-order valence-electron chi connectivity index (χ2n) is 5.10. The summed E-state index contributed by atoms with van der Waals surface area (Å²) in [4.78, 5) is 0. The molecule has 0 fully saturated rings. The average molecular weight is 289 g/mol. The van der Waals surface area contributed by atoms with E-state index in [-0.39, 0.29) is 6.04 Å².